The molecule has 39 heavy (non-hydrogen) atoms. The summed E-state index contributed by atoms with van der Waals surface area (Å²) >= 11 is 1.64. The molecular weight excluding hydrogens is 536 g/mol. The van der Waals surface area contributed by atoms with Gasteiger partial charge in [-0.1, -0.05) is 25.1 Å². The zero-order chi connectivity index (χ0) is 27.6. The zero-order valence-corrected chi connectivity index (χ0v) is 23.2. The molecule has 0 aliphatic carbocycles. The lowest BCUT2D eigenvalue weighted by atomic mass is 10.0. The highest BCUT2D eigenvalue weighted by Crippen LogP contribution is 2.34. The monoisotopic (exact) mass is 566 g/mol. The van der Waals surface area contributed by atoms with Crippen LogP contribution >= 0.6 is 11.3 Å². The number of amides is 2. The van der Waals surface area contributed by atoms with Gasteiger partial charge in [-0.05, 0) is 60.0 Å². The normalized spacial score (nSPS) is 20.1. The first-order valence-corrected chi connectivity index (χ1v) is 15.2. The summed E-state index contributed by atoms with van der Waals surface area (Å²) in [4.78, 5) is 45.1. The number of likely N-dealkylation sites (tertiary alicyclic amines) is 1. The molecule has 2 amide bonds. The molecule has 2 aliphatic heterocycles. The second-order valence-corrected chi connectivity index (χ2v) is 12.8. The van der Waals surface area contributed by atoms with E-state index in [1.807, 2.05) is 36.6 Å². The van der Waals surface area contributed by atoms with Crippen LogP contribution in [0, 0.1) is 5.92 Å². The number of aromatic nitrogens is 1. The molecule has 0 spiro atoms. The molecular formula is C28H30N4O5S2. The highest BCUT2D eigenvalue weighted by Gasteiger charge is 2.53. The molecule has 0 bridgehead atoms. The van der Waals surface area contributed by atoms with Crippen LogP contribution in [0.15, 0.2) is 71.2 Å². The van der Waals surface area contributed by atoms with Gasteiger partial charge in [0.05, 0.1) is 12.6 Å². The predicted octanol–water partition coefficient (Wildman–Crippen LogP) is 3.20. The van der Waals surface area contributed by atoms with Gasteiger partial charge in [-0.25, -0.2) is 8.42 Å². The van der Waals surface area contributed by atoms with Crippen molar-refractivity contribution in [1.82, 2.24) is 19.5 Å². The Bertz CT molecular complexity index is 1440. The van der Waals surface area contributed by atoms with E-state index in [1.54, 1.807) is 29.5 Å². The lowest BCUT2D eigenvalue weighted by Gasteiger charge is -2.25. The SMILES string of the molecule is CC(CCNC(=O)c1ccc(-c2cccs2)cc1)CC(=O)N1CCC2C1C(=O)CN2S(=O)(=O)c1cccnc1. The predicted molar refractivity (Wildman–Crippen MR) is 148 cm³/mol. The Morgan fingerprint density at radius 3 is 2.64 bits per heavy atom. The summed E-state index contributed by atoms with van der Waals surface area (Å²) in [5, 5.41) is 4.93. The maximum Gasteiger partial charge on any atom is 0.251 e. The summed E-state index contributed by atoms with van der Waals surface area (Å²) in [7, 11) is -3.88. The van der Waals surface area contributed by atoms with Gasteiger partial charge in [-0.2, -0.15) is 4.31 Å². The second-order valence-electron chi connectivity index (χ2n) is 10.0. The maximum atomic E-state index is 13.1. The average Bonchev–Trinajstić information content (AvgIpc) is 3.68. The van der Waals surface area contributed by atoms with Crippen molar-refractivity contribution in [2.24, 2.45) is 5.92 Å². The number of hydrogen-bond acceptors (Lipinski definition) is 7. The third-order valence-electron chi connectivity index (χ3n) is 7.34. The molecule has 2 fully saturated rings. The molecule has 9 nitrogen and oxygen atoms in total. The third-order valence-corrected chi connectivity index (χ3v) is 10.1. The van der Waals surface area contributed by atoms with Gasteiger partial charge in [0.25, 0.3) is 5.91 Å². The largest absolute Gasteiger partial charge is 0.352 e. The molecule has 3 aromatic rings. The fourth-order valence-corrected chi connectivity index (χ4v) is 7.61. The Kier molecular flexibility index (Phi) is 7.92. The van der Waals surface area contributed by atoms with E-state index in [4.69, 9.17) is 0 Å². The molecule has 0 radical (unpaired) electrons. The van der Waals surface area contributed by atoms with E-state index in [-0.39, 0.29) is 41.4 Å². The summed E-state index contributed by atoms with van der Waals surface area (Å²) < 4.78 is 27.5. The fourth-order valence-electron chi connectivity index (χ4n) is 5.29. The van der Waals surface area contributed by atoms with E-state index in [9.17, 15) is 22.8 Å². The van der Waals surface area contributed by atoms with E-state index in [1.165, 1.54) is 27.7 Å². The van der Waals surface area contributed by atoms with Crippen molar-refractivity contribution in [3.63, 3.8) is 0 Å². The van der Waals surface area contributed by atoms with Crippen LogP contribution < -0.4 is 5.32 Å². The lowest BCUT2D eigenvalue weighted by Crippen LogP contribution is -2.44. The Labute approximate surface area is 231 Å². The van der Waals surface area contributed by atoms with Crippen LogP contribution in [0.2, 0.25) is 0 Å². The highest BCUT2D eigenvalue weighted by molar-refractivity contribution is 7.89. The molecule has 3 unspecified atom stereocenters. The van der Waals surface area contributed by atoms with Crippen LogP contribution in [0.25, 0.3) is 10.4 Å². The van der Waals surface area contributed by atoms with Gasteiger partial charge in [-0.15, -0.1) is 11.3 Å². The summed E-state index contributed by atoms with van der Waals surface area (Å²) in [6.45, 7) is 2.45. The minimum atomic E-state index is -3.88. The minimum absolute atomic E-state index is 0.0233. The Morgan fingerprint density at radius 2 is 1.95 bits per heavy atom. The van der Waals surface area contributed by atoms with Crippen LogP contribution in [0.3, 0.4) is 0 Å². The van der Waals surface area contributed by atoms with Crippen LogP contribution in [0.1, 0.15) is 36.5 Å². The number of carbonyl (C=O) groups excluding carboxylic acids is 3. The number of rotatable bonds is 9. The number of ketones is 1. The molecule has 204 valence electrons. The Hall–Kier alpha value is -3.41. The van der Waals surface area contributed by atoms with E-state index in [0.717, 1.165) is 10.4 Å². The van der Waals surface area contributed by atoms with Crippen molar-refractivity contribution in [1.29, 1.82) is 0 Å². The van der Waals surface area contributed by atoms with Crippen molar-refractivity contribution < 1.29 is 22.8 Å². The Balaban J connectivity index is 1.12. The molecule has 2 saturated heterocycles. The van der Waals surface area contributed by atoms with Gasteiger partial charge in [0, 0.05) is 42.3 Å². The second kappa shape index (κ2) is 11.4. The number of benzene rings is 1. The van der Waals surface area contributed by atoms with E-state index in [2.05, 4.69) is 10.3 Å². The molecule has 1 N–H and O–H groups in total. The first kappa shape index (κ1) is 27.2. The van der Waals surface area contributed by atoms with E-state index < -0.39 is 22.1 Å². The zero-order valence-electron chi connectivity index (χ0n) is 21.5. The van der Waals surface area contributed by atoms with Gasteiger partial charge in [0.15, 0.2) is 5.78 Å². The number of carbonyl (C=O) groups is 3. The molecule has 4 heterocycles. The molecule has 2 aliphatic rings. The number of hydrogen-bond donors (Lipinski definition) is 1. The number of pyridine rings is 1. The molecule has 2 aromatic heterocycles. The van der Waals surface area contributed by atoms with E-state index in [0.29, 0.717) is 31.5 Å². The number of thiophene rings is 1. The van der Waals surface area contributed by atoms with E-state index >= 15 is 0 Å². The van der Waals surface area contributed by atoms with Gasteiger partial charge in [-0.3, -0.25) is 19.4 Å². The number of sulfonamides is 1. The number of nitrogens with zero attached hydrogens (tertiary/aromatic N) is 3. The van der Waals surface area contributed by atoms with Crippen molar-refractivity contribution in [3.8, 4) is 10.4 Å². The quantitative estimate of drug-likeness (QED) is 0.425. The van der Waals surface area contributed by atoms with Crippen LogP contribution in [-0.4, -0.2) is 71.9 Å². The minimum Gasteiger partial charge on any atom is -0.352 e. The van der Waals surface area contributed by atoms with Crippen molar-refractivity contribution in [3.05, 3.63) is 71.9 Å². The summed E-state index contributed by atoms with van der Waals surface area (Å²) in [5.41, 5.74) is 1.64. The third kappa shape index (κ3) is 5.66. The first-order chi connectivity index (χ1) is 18.8. The summed E-state index contributed by atoms with van der Waals surface area (Å²) in [5.74, 6) is -0.618. The lowest BCUT2D eigenvalue weighted by molar-refractivity contribution is -0.137. The van der Waals surface area contributed by atoms with Crippen molar-refractivity contribution in [2.75, 3.05) is 19.6 Å². The van der Waals surface area contributed by atoms with Crippen LogP contribution in [-0.2, 0) is 19.6 Å². The van der Waals surface area contributed by atoms with Gasteiger partial charge in [0.2, 0.25) is 15.9 Å². The summed E-state index contributed by atoms with van der Waals surface area (Å²) in [6, 6.07) is 13.2. The average molecular weight is 567 g/mol. The number of fused-ring (bicyclic) bond motifs is 1. The first-order valence-electron chi connectivity index (χ1n) is 12.9. The van der Waals surface area contributed by atoms with Crippen molar-refractivity contribution in [2.45, 2.75) is 43.2 Å². The van der Waals surface area contributed by atoms with Gasteiger partial charge in [0.1, 0.15) is 10.9 Å². The van der Waals surface area contributed by atoms with Gasteiger partial charge < -0.3 is 10.2 Å². The summed E-state index contributed by atoms with van der Waals surface area (Å²) in [6.07, 6.45) is 3.99. The molecule has 3 atom stereocenters. The number of Topliss-reactive ketones (excluding diaryl/α,β-unsaturated/α-hetero) is 1. The van der Waals surface area contributed by atoms with Crippen LogP contribution in [0.4, 0.5) is 0 Å². The Morgan fingerprint density at radius 1 is 1.15 bits per heavy atom. The van der Waals surface area contributed by atoms with Crippen LogP contribution in [0.5, 0.6) is 0 Å². The smallest absolute Gasteiger partial charge is 0.251 e. The van der Waals surface area contributed by atoms with Crippen molar-refractivity contribution >= 4 is 39.0 Å². The van der Waals surface area contributed by atoms with Gasteiger partial charge >= 0.3 is 0 Å². The fraction of sp³-hybridized carbons (Fsp3) is 0.357. The standard InChI is InChI=1S/C28H30N4O5S2/c1-19(10-13-30-28(35)21-8-6-20(7-9-21)25-5-3-15-38-25)16-26(34)31-14-11-23-27(31)24(33)18-32(23)39(36,37)22-4-2-12-29-17-22/h2-9,12,15,17,19,23,27H,10-11,13-14,16,18H2,1H3,(H,30,35). The molecule has 1 aromatic carbocycles. The molecule has 11 heteroatoms. The molecule has 0 saturated carbocycles. The highest BCUT2D eigenvalue weighted by atomic mass is 32.2. The number of nitrogens with one attached hydrogen (secondary N) is 1. The molecule has 5 rings (SSSR count). The topological polar surface area (TPSA) is 117 Å². The maximum absolute atomic E-state index is 13.1.